The van der Waals surface area contributed by atoms with Crippen molar-refractivity contribution in [2.24, 2.45) is 5.73 Å². The highest BCUT2D eigenvalue weighted by molar-refractivity contribution is 5.98. The molecule has 1 aliphatic rings. The Labute approximate surface area is 155 Å². The van der Waals surface area contributed by atoms with Crippen molar-refractivity contribution in [1.29, 1.82) is 0 Å². The smallest absolute Gasteiger partial charge is 0.252 e. The molecule has 2 heterocycles. The molecule has 7 nitrogen and oxygen atoms in total. The van der Waals surface area contributed by atoms with E-state index in [0.717, 1.165) is 37.9 Å². The molecule has 3 rings (SSSR count). The lowest BCUT2D eigenvalue weighted by molar-refractivity contribution is 0.100. The quantitative estimate of drug-likeness (QED) is 0.618. The highest BCUT2D eigenvalue weighted by Gasteiger charge is 2.26. The molecule has 0 saturated heterocycles. The minimum Gasteiger partial charge on any atom is -0.365 e. The number of nitrogens with zero attached hydrogens (tertiary/aromatic N) is 2. The predicted molar refractivity (Wildman–Crippen MR) is 98.9 cm³/mol. The van der Waals surface area contributed by atoms with Gasteiger partial charge in [-0.2, -0.15) is 0 Å². The summed E-state index contributed by atoms with van der Waals surface area (Å²) in [5, 5.41) is 9.14. The normalized spacial score (nSPS) is 19.5. The minimum absolute atomic E-state index is 0.00821. The van der Waals surface area contributed by atoms with Gasteiger partial charge in [-0.05, 0) is 26.0 Å². The molecule has 1 amide bonds. The molecular weight excluding hydrogens is 354 g/mol. The van der Waals surface area contributed by atoms with Crippen LogP contribution in [0.2, 0.25) is 0 Å². The van der Waals surface area contributed by atoms with E-state index in [1.165, 1.54) is 12.3 Å². The van der Waals surface area contributed by atoms with Crippen LogP contribution in [0.4, 0.5) is 26.1 Å². The largest absolute Gasteiger partial charge is 0.365 e. The summed E-state index contributed by atoms with van der Waals surface area (Å²) in [6.45, 7) is 0. The number of pyridine rings is 2. The van der Waals surface area contributed by atoms with Crippen LogP contribution in [0.25, 0.3) is 0 Å². The van der Waals surface area contributed by atoms with E-state index in [1.54, 1.807) is 0 Å². The van der Waals surface area contributed by atoms with Crippen LogP contribution in [-0.4, -0.2) is 35.0 Å². The maximum atomic E-state index is 14.5. The Morgan fingerprint density at radius 1 is 1.15 bits per heavy atom. The molecule has 1 saturated carbocycles. The van der Waals surface area contributed by atoms with Gasteiger partial charge in [-0.25, -0.2) is 13.8 Å². The number of nitrogens with two attached hydrogens (primary N) is 1. The summed E-state index contributed by atoms with van der Waals surface area (Å²) in [5.41, 5.74) is 5.48. The van der Waals surface area contributed by atoms with Crippen molar-refractivity contribution in [3.63, 3.8) is 0 Å². The van der Waals surface area contributed by atoms with Gasteiger partial charge in [-0.1, -0.05) is 12.8 Å². The molecule has 2 unspecified atom stereocenters. The Kier molecular flexibility index (Phi) is 5.80. The first-order valence-electron chi connectivity index (χ1n) is 8.79. The van der Waals surface area contributed by atoms with E-state index < -0.39 is 17.5 Å². The number of hydrogen-bond acceptors (Lipinski definition) is 6. The van der Waals surface area contributed by atoms with E-state index >= 15 is 0 Å². The second-order valence-corrected chi connectivity index (χ2v) is 6.53. The number of carbonyl (C=O) groups excluding carboxylic acids is 1. The van der Waals surface area contributed by atoms with Crippen molar-refractivity contribution in [2.75, 3.05) is 17.7 Å². The van der Waals surface area contributed by atoms with Gasteiger partial charge in [-0.3, -0.25) is 9.78 Å². The number of primary amides is 1. The minimum atomic E-state index is -0.842. The molecule has 2 aromatic rings. The highest BCUT2D eigenvalue weighted by Crippen LogP contribution is 2.27. The van der Waals surface area contributed by atoms with E-state index in [2.05, 4.69) is 25.9 Å². The summed E-state index contributed by atoms with van der Waals surface area (Å²) in [6.07, 6.45) is 6.42. The third kappa shape index (κ3) is 4.48. The molecule has 0 spiro atoms. The van der Waals surface area contributed by atoms with Crippen molar-refractivity contribution in [3.05, 3.63) is 41.7 Å². The zero-order valence-corrected chi connectivity index (χ0v) is 14.9. The third-order valence-corrected chi connectivity index (χ3v) is 4.67. The summed E-state index contributed by atoms with van der Waals surface area (Å²) in [4.78, 5) is 19.6. The first-order chi connectivity index (χ1) is 13.0. The number of anilines is 3. The monoisotopic (exact) mass is 376 g/mol. The molecule has 2 aromatic heterocycles. The van der Waals surface area contributed by atoms with Crippen molar-refractivity contribution in [2.45, 2.75) is 37.8 Å². The summed E-state index contributed by atoms with van der Waals surface area (Å²) in [5.74, 6) is -2.02. The molecular formula is C18H22F2N6O. The number of nitrogens with one attached hydrogen (secondary N) is 3. The fourth-order valence-electron chi connectivity index (χ4n) is 3.31. The molecule has 0 radical (unpaired) electrons. The lowest BCUT2D eigenvalue weighted by Crippen LogP contribution is -2.45. The van der Waals surface area contributed by atoms with Gasteiger partial charge in [0.1, 0.15) is 11.6 Å². The van der Waals surface area contributed by atoms with Crippen molar-refractivity contribution >= 4 is 23.2 Å². The van der Waals surface area contributed by atoms with Crippen molar-refractivity contribution in [3.8, 4) is 0 Å². The molecule has 27 heavy (non-hydrogen) atoms. The molecule has 5 N–H and O–H groups in total. The highest BCUT2D eigenvalue weighted by atomic mass is 19.1. The third-order valence-electron chi connectivity index (χ3n) is 4.67. The number of hydrogen-bond donors (Lipinski definition) is 4. The molecule has 0 bridgehead atoms. The van der Waals surface area contributed by atoms with Gasteiger partial charge >= 0.3 is 0 Å². The fraction of sp³-hybridized carbons (Fsp3) is 0.389. The Bertz CT molecular complexity index is 831. The second-order valence-electron chi connectivity index (χ2n) is 6.53. The van der Waals surface area contributed by atoms with Crippen LogP contribution in [0, 0.1) is 11.6 Å². The molecule has 0 aliphatic heterocycles. The Balaban J connectivity index is 1.91. The SMILES string of the molecule is CNC1CCCCC1Nc1nc(Nc2cncc(F)c2)c(C(N)=O)cc1F. The van der Waals surface area contributed by atoms with Gasteiger partial charge in [0.05, 0.1) is 23.6 Å². The molecule has 2 atom stereocenters. The van der Waals surface area contributed by atoms with E-state index in [4.69, 9.17) is 5.73 Å². The average Bonchev–Trinajstić information content (AvgIpc) is 2.64. The Morgan fingerprint density at radius 2 is 1.89 bits per heavy atom. The fourth-order valence-corrected chi connectivity index (χ4v) is 3.31. The standard InChI is InChI=1S/C18H22F2N6O/c1-22-14-4-2-3-5-15(14)25-18-13(20)7-12(16(21)27)17(26-18)24-11-6-10(19)8-23-9-11/h6-9,14-15,22H,2-5H2,1H3,(H2,21,27)(H2,24,25,26). The average molecular weight is 376 g/mol. The van der Waals surface area contributed by atoms with E-state index in [-0.39, 0.29) is 35.0 Å². The first-order valence-corrected chi connectivity index (χ1v) is 8.79. The number of likely N-dealkylation sites (N-methyl/N-ethyl adjacent to an activating group) is 1. The van der Waals surface area contributed by atoms with Gasteiger partial charge < -0.3 is 21.7 Å². The summed E-state index contributed by atoms with van der Waals surface area (Å²) >= 11 is 0. The molecule has 1 aliphatic carbocycles. The van der Waals surface area contributed by atoms with Gasteiger partial charge in [0.15, 0.2) is 11.6 Å². The zero-order chi connectivity index (χ0) is 19.4. The van der Waals surface area contributed by atoms with Crippen LogP contribution in [0.15, 0.2) is 24.5 Å². The number of rotatable bonds is 6. The lowest BCUT2D eigenvalue weighted by Gasteiger charge is -2.32. The second kappa shape index (κ2) is 8.26. The topological polar surface area (TPSA) is 105 Å². The summed E-state index contributed by atoms with van der Waals surface area (Å²) < 4.78 is 27.9. The first kappa shape index (κ1) is 19.0. The van der Waals surface area contributed by atoms with Gasteiger partial charge in [0.25, 0.3) is 5.91 Å². The van der Waals surface area contributed by atoms with Crippen molar-refractivity contribution in [1.82, 2.24) is 15.3 Å². The number of amides is 1. The maximum absolute atomic E-state index is 14.5. The van der Waals surface area contributed by atoms with Gasteiger partial charge in [0, 0.05) is 18.2 Å². The van der Waals surface area contributed by atoms with Crippen LogP contribution in [0.1, 0.15) is 36.0 Å². The van der Waals surface area contributed by atoms with Crippen LogP contribution >= 0.6 is 0 Å². The number of carbonyl (C=O) groups is 1. The summed E-state index contributed by atoms with van der Waals surface area (Å²) in [6, 6.07) is 2.42. The predicted octanol–water partition coefficient (Wildman–Crippen LogP) is 2.54. The van der Waals surface area contributed by atoms with Gasteiger partial charge in [0.2, 0.25) is 0 Å². The van der Waals surface area contributed by atoms with Crippen LogP contribution in [0.5, 0.6) is 0 Å². The summed E-state index contributed by atoms with van der Waals surface area (Å²) in [7, 11) is 1.87. The van der Waals surface area contributed by atoms with Gasteiger partial charge in [-0.15, -0.1) is 0 Å². The Morgan fingerprint density at radius 3 is 2.56 bits per heavy atom. The van der Waals surface area contributed by atoms with E-state index in [0.29, 0.717) is 0 Å². The lowest BCUT2D eigenvalue weighted by atomic mass is 9.90. The molecule has 144 valence electrons. The van der Waals surface area contributed by atoms with E-state index in [1.807, 2.05) is 7.05 Å². The van der Waals surface area contributed by atoms with Crippen LogP contribution < -0.4 is 21.7 Å². The van der Waals surface area contributed by atoms with Crippen LogP contribution in [0.3, 0.4) is 0 Å². The zero-order valence-electron chi connectivity index (χ0n) is 14.9. The van der Waals surface area contributed by atoms with Crippen molar-refractivity contribution < 1.29 is 13.6 Å². The van der Waals surface area contributed by atoms with Crippen LogP contribution in [-0.2, 0) is 0 Å². The van der Waals surface area contributed by atoms with E-state index in [9.17, 15) is 13.6 Å². The maximum Gasteiger partial charge on any atom is 0.252 e. The molecule has 0 aromatic carbocycles. The molecule has 1 fully saturated rings. The number of aromatic nitrogens is 2. The number of halogens is 2. The molecule has 9 heteroatoms. The Hall–Kier alpha value is -2.81.